The number of halogens is 3. The standard InChI is InChI=1S/C16H28F3N/c1-11-10-15(2,3)8-7-14(11)20-13-6-4-5-12(9-13)16(17,18)19/h11-14,20H,4-10H2,1-3H3. The van der Waals surface area contributed by atoms with Crippen LogP contribution in [-0.2, 0) is 0 Å². The van der Waals surface area contributed by atoms with Crippen LogP contribution in [0.3, 0.4) is 0 Å². The normalized spacial score (nSPS) is 38.7. The molecule has 1 nitrogen and oxygen atoms in total. The number of rotatable bonds is 2. The molecule has 20 heavy (non-hydrogen) atoms. The van der Waals surface area contributed by atoms with Crippen LogP contribution in [0.15, 0.2) is 0 Å². The van der Waals surface area contributed by atoms with Crippen molar-refractivity contribution >= 4 is 0 Å². The van der Waals surface area contributed by atoms with Crippen LogP contribution >= 0.6 is 0 Å². The lowest BCUT2D eigenvalue weighted by atomic mass is 9.70. The molecule has 4 unspecified atom stereocenters. The third kappa shape index (κ3) is 4.12. The summed E-state index contributed by atoms with van der Waals surface area (Å²) in [6, 6.07) is 0.462. The predicted octanol–water partition coefficient (Wildman–Crippen LogP) is 4.91. The van der Waals surface area contributed by atoms with Gasteiger partial charge in [-0.3, -0.25) is 0 Å². The molecule has 4 heteroatoms. The molecule has 2 aliphatic carbocycles. The van der Waals surface area contributed by atoms with Crippen molar-refractivity contribution in [2.24, 2.45) is 17.3 Å². The zero-order valence-electron chi connectivity index (χ0n) is 12.9. The van der Waals surface area contributed by atoms with Gasteiger partial charge in [0.25, 0.3) is 0 Å². The Hall–Kier alpha value is -0.250. The summed E-state index contributed by atoms with van der Waals surface area (Å²) in [6.07, 6.45) is 1.62. The number of alkyl halides is 3. The van der Waals surface area contributed by atoms with Gasteiger partial charge in [0.05, 0.1) is 5.92 Å². The van der Waals surface area contributed by atoms with E-state index in [0.29, 0.717) is 30.2 Å². The highest BCUT2D eigenvalue weighted by molar-refractivity contribution is 4.90. The van der Waals surface area contributed by atoms with E-state index in [9.17, 15) is 13.2 Å². The van der Waals surface area contributed by atoms with Gasteiger partial charge in [0.2, 0.25) is 0 Å². The van der Waals surface area contributed by atoms with Crippen molar-refractivity contribution in [1.29, 1.82) is 0 Å². The van der Waals surface area contributed by atoms with Crippen molar-refractivity contribution in [1.82, 2.24) is 5.32 Å². The summed E-state index contributed by atoms with van der Waals surface area (Å²) in [7, 11) is 0. The molecule has 0 aromatic carbocycles. The molecule has 0 aromatic rings. The first-order chi connectivity index (χ1) is 9.17. The van der Waals surface area contributed by atoms with E-state index in [0.717, 1.165) is 12.8 Å². The number of hydrogen-bond donors (Lipinski definition) is 1. The van der Waals surface area contributed by atoms with Gasteiger partial charge in [-0.2, -0.15) is 13.2 Å². The van der Waals surface area contributed by atoms with E-state index in [1.165, 1.54) is 12.8 Å². The second-order valence-corrected chi connectivity index (χ2v) is 7.76. The number of hydrogen-bond acceptors (Lipinski definition) is 1. The van der Waals surface area contributed by atoms with Gasteiger partial charge in [-0.15, -0.1) is 0 Å². The monoisotopic (exact) mass is 291 g/mol. The molecule has 2 aliphatic rings. The minimum absolute atomic E-state index is 0.0593. The first kappa shape index (κ1) is 16.1. The van der Waals surface area contributed by atoms with Gasteiger partial charge < -0.3 is 5.32 Å². The molecule has 0 saturated heterocycles. The van der Waals surface area contributed by atoms with E-state index < -0.39 is 12.1 Å². The molecule has 1 N–H and O–H groups in total. The van der Waals surface area contributed by atoms with Crippen molar-refractivity contribution in [3.63, 3.8) is 0 Å². The molecule has 0 aromatic heterocycles. The van der Waals surface area contributed by atoms with E-state index >= 15 is 0 Å². The third-order valence-electron chi connectivity index (χ3n) is 5.28. The fourth-order valence-electron chi connectivity index (χ4n) is 4.14. The van der Waals surface area contributed by atoms with Gasteiger partial charge in [-0.1, -0.05) is 27.2 Å². The minimum atomic E-state index is -4.01. The average Bonchev–Trinajstić information content (AvgIpc) is 2.32. The highest BCUT2D eigenvalue weighted by Gasteiger charge is 2.43. The summed E-state index contributed by atoms with van der Waals surface area (Å²) in [4.78, 5) is 0. The Morgan fingerprint density at radius 1 is 1.10 bits per heavy atom. The lowest BCUT2D eigenvalue weighted by molar-refractivity contribution is -0.184. The molecular weight excluding hydrogens is 263 g/mol. The van der Waals surface area contributed by atoms with Crippen LogP contribution in [0, 0.1) is 17.3 Å². The maximum absolute atomic E-state index is 12.8. The van der Waals surface area contributed by atoms with E-state index in [1.54, 1.807) is 0 Å². The fraction of sp³-hybridized carbons (Fsp3) is 1.00. The highest BCUT2D eigenvalue weighted by Crippen LogP contribution is 2.41. The van der Waals surface area contributed by atoms with Crippen molar-refractivity contribution in [2.45, 2.75) is 84.0 Å². The maximum Gasteiger partial charge on any atom is 0.391 e. The van der Waals surface area contributed by atoms with Crippen LogP contribution in [0.25, 0.3) is 0 Å². The molecule has 2 saturated carbocycles. The first-order valence-corrected chi connectivity index (χ1v) is 8.00. The van der Waals surface area contributed by atoms with Gasteiger partial charge >= 0.3 is 6.18 Å². The van der Waals surface area contributed by atoms with Crippen molar-refractivity contribution in [3.8, 4) is 0 Å². The van der Waals surface area contributed by atoms with Crippen molar-refractivity contribution < 1.29 is 13.2 Å². The third-order valence-corrected chi connectivity index (χ3v) is 5.28. The molecular formula is C16H28F3N. The van der Waals surface area contributed by atoms with Gasteiger partial charge in [0, 0.05) is 12.1 Å². The lowest BCUT2D eigenvalue weighted by Gasteiger charge is -2.42. The summed E-state index contributed by atoms with van der Waals surface area (Å²) in [6.45, 7) is 6.82. The molecule has 0 radical (unpaired) electrons. The van der Waals surface area contributed by atoms with Crippen molar-refractivity contribution in [3.05, 3.63) is 0 Å². The largest absolute Gasteiger partial charge is 0.391 e. The molecule has 4 atom stereocenters. The Morgan fingerprint density at radius 2 is 1.80 bits per heavy atom. The SMILES string of the molecule is CC1CC(C)(C)CCC1NC1CCCC(C(F)(F)F)C1. The summed E-state index contributed by atoms with van der Waals surface area (Å²) >= 11 is 0. The topological polar surface area (TPSA) is 12.0 Å². The Kier molecular flexibility index (Phi) is 4.73. The smallest absolute Gasteiger partial charge is 0.311 e. The molecule has 0 heterocycles. The summed E-state index contributed by atoms with van der Waals surface area (Å²) < 4.78 is 38.5. The molecule has 0 bridgehead atoms. The second kappa shape index (κ2) is 5.86. The minimum Gasteiger partial charge on any atom is -0.311 e. The van der Waals surface area contributed by atoms with E-state index in [2.05, 4.69) is 26.1 Å². The molecule has 2 rings (SSSR count). The van der Waals surface area contributed by atoms with E-state index in [1.807, 2.05) is 0 Å². The number of nitrogens with one attached hydrogen (secondary N) is 1. The predicted molar refractivity (Wildman–Crippen MR) is 75.5 cm³/mol. The summed E-state index contributed by atoms with van der Waals surface area (Å²) in [5.41, 5.74) is 0.388. The first-order valence-electron chi connectivity index (χ1n) is 8.00. The molecule has 0 amide bonds. The zero-order valence-corrected chi connectivity index (χ0v) is 12.9. The average molecular weight is 291 g/mol. The second-order valence-electron chi connectivity index (χ2n) is 7.76. The van der Waals surface area contributed by atoms with Gasteiger partial charge in [-0.25, -0.2) is 0 Å². The van der Waals surface area contributed by atoms with Gasteiger partial charge in [0.15, 0.2) is 0 Å². The van der Waals surface area contributed by atoms with Crippen LogP contribution < -0.4 is 5.32 Å². The Morgan fingerprint density at radius 3 is 2.40 bits per heavy atom. The van der Waals surface area contributed by atoms with Crippen LogP contribution in [0.2, 0.25) is 0 Å². The van der Waals surface area contributed by atoms with Gasteiger partial charge in [0.1, 0.15) is 0 Å². The van der Waals surface area contributed by atoms with Crippen LogP contribution in [0.1, 0.15) is 65.7 Å². The summed E-state index contributed by atoms with van der Waals surface area (Å²) in [5, 5.41) is 3.55. The lowest BCUT2D eigenvalue weighted by Crippen LogP contribution is -2.48. The zero-order chi connectivity index (χ0) is 15.0. The van der Waals surface area contributed by atoms with Crippen LogP contribution in [0.5, 0.6) is 0 Å². The Labute approximate surface area is 120 Å². The Balaban J connectivity index is 1.87. The molecule has 0 spiro atoms. The van der Waals surface area contributed by atoms with Gasteiger partial charge in [-0.05, 0) is 49.9 Å². The molecule has 2 fully saturated rings. The van der Waals surface area contributed by atoms with Crippen LogP contribution in [-0.4, -0.2) is 18.3 Å². The van der Waals surface area contributed by atoms with Crippen LogP contribution in [0.4, 0.5) is 13.2 Å². The van der Waals surface area contributed by atoms with E-state index in [4.69, 9.17) is 0 Å². The fourth-order valence-corrected chi connectivity index (χ4v) is 4.14. The quantitative estimate of drug-likeness (QED) is 0.762. The Bertz CT molecular complexity index is 324. The molecule has 118 valence electrons. The molecule has 0 aliphatic heterocycles. The highest BCUT2D eigenvalue weighted by atomic mass is 19.4. The van der Waals surface area contributed by atoms with E-state index in [-0.39, 0.29) is 12.5 Å². The summed E-state index contributed by atoms with van der Waals surface area (Å²) in [5.74, 6) is -0.533. The maximum atomic E-state index is 12.8. The van der Waals surface area contributed by atoms with Crippen molar-refractivity contribution in [2.75, 3.05) is 0 Å².